The number of methoxy groups -OCH3 is 2. The summed E-state index contributed by atoms with van der Waals surface area (Å²) in [6.07, 6.45) is 32.8. The predicted octanol–water partition coefficient (Wildman–Crippen LogP) is 15.8. The minimum absolute atomic E-state index is 0. The van der Waals surface area contributed by atoms with Gasteiger partial charge in [0.1, 0.15) is 17.5 Å². The van der Waals surface area contributed by atoms with Crippen LogP contribution in [0.3, 0.4) is 0 Å². The van der Waals surface area contributed by atoms with Gasteiger partial charge >= 0.3 is 49.6 Å². The van der Waals surface area contributed by atoms with Gasteiger partial charge in [0.15, 0.2) is 0 Å². The molecule has 73 heavy (non-hydrogen) atoms. The Kier molecular flexibility index (Phi) is 57.5. The summed E-state index contributed by atoms with van der Waals surface area (Å²) in [6, 6.07) is 0.644. The van der Waals surface area contributed by atoms with Gasteiger partial charge in [0.05, 0.1) is 14.2 Å². The van der Waals surface area contributed by atoms with Crippen LogP contribution >= 0.6 is 121 Å². The molecular formula is C46H78BBr4Cl5MgN12O4. The van der Waals surface area contributed by atoms with E-state index in [1.165, 1.54) is 134 Å². The molecule has 0 unspecified atom stereocenters. The van der Waals surface area contributed by atoms with Crippen molar-refractivity contribution in [3.05, 3.63) is 64.9 Å². The SMILES string of the molecule is BrB(Br)Br.CCCCCCCCBr.CCCCCCCCc1nc(=O)[nH]c(=O)[nH]1.CCCCCCCCc1nc(Cl)nc(Cl)n1.CCCCCCCCc1nc(OC)nc(OC)n1.Clc1nc(Cl)nc(Cl)n1.[H-].[H-].[Mg+2]. The Labute approximate surface area is 512 Å². The summed E-state index contributed by atoms with van der Waals surface area (Å²) in [5.74, 6) is 1.93. The summed E-state index contributed by atoms with van der Waals surface area (Å²) in [4.78, 5) is 64.6. The van der Waals surface area contributed by atoms with Gasteiger partial charge in [0, 0.05) is 24.6 Å². The Morgan fingerprint density at radius 2 is 0.740 bits per heavy atom. The van der Waals surface area contributed by atoms with Crippen LogP contribution in [0.1, 0.15) is 202 Å². The van der Waals surface area contributed by atoms with Crippen LogP contribution in [0.15, 0.2) is 9.59 Å². The molecule has 0 saturated carbocycles. The Morgan fingerprint density at radius 1 is 0.438 bits per heavy atom. The molecule has 0 amide bonds. The Bertz CT molecular complexity index is 1920. The normalized spacial score (nSPS) is 10.0. The molecule has 0 spiro atoms. The summed E-state index contributed by atoms with van der Waals surface area (Å²) < 4.78 is 10.3. The minimum Gasteiger partial charge on any atom is -1.00 e. The second-order valence-corrected chi connectivity index (χ2v) is 24.8. The Hall–Kier alpha value is -0.559. The number of hydrogen-bond donors (Lipinski definition) is 2. The zero-order valence-corrected chi connectivity index (χ0v) is 55.1. The molecule has 0 aliphatic heterocycles. The molecule has 0 saturated heterocycles. The number of ether oxygens (including phenoxy) is 2. The van der Waals surface area contributed by atoms with Gasteiger partial charge in [-0.05, 0) is 83.7 Å². The van der Waals surface area contributed by atoms with E-state index in [4.69, 9.17) is 67.5 Å². The number of nitrogens with zero attached hydrogens (tertiary/aromatic N) is 10. The van der Waals surface area contributed by atoms with Crippen LogP contribution in [0.2, 0.25) is 26.4 Å². The number of rotatable bonds is 29. The number of aromatic nitrogens is 12. The molecule has 2 N–H and O–H groups in total. The number of hydrogen-bond acceptors (Lipinski definition) is 14. The first-order chi connectivity index (χ1) is 34.6. The van der Waals surface area contributed by atoms with Crippen molar-refractivity contribution in [2.45, 2.75) is 201 Å². The molecule has 0 bridgehead atoms. The Morgan fingerprint density at radius 3 is 1.07 bits per heavy atom. The van der Waals surface area contributed by atoms with Crippen LogP contribution in [0.4, 0.5) is 0 Å². The van der Waals surface area contributed by atoms with Gasteiger partial charge in [-0.1, -0.05) is 172 Å². The molecule has 27 heteroatoms. The molecule has 4 rings (SSSR count). The molecule has 0 fully saturated rings. The minimum atomic E-state index is -0.565. The third kappa shape index (κ3) is 51.9. The maximum absolute atomic E-state index is 10.9. The van der Waals surface area contributed by atoms with Crippen LogP contribution in [-0.2, 0) is 19.3 Å². The van der Waals surface area contributed by atoms with Crippen molar-refractivity contribution < 1.29 is 12.3 Å². The first-order valence-corrected chi connectivity index (χ1v) is 30.6. The van der Waals surface area contributed by atoms with Crippen LogP contribution in [0.5, 0.6) is 12.0 Å². The standard InChI is InChI=1S/C13H23N3O2.C11H17Cl2N3.C11H19N3O2.C8H17Br.C3Cl3N3.BBr3.Mg.2H/c1-4-5-6-7-8-9-10-11-14-12(17-2)16-13(15-11)18-3;1-2-3-4-5-6-7-8-9-14-10(12)16-11(13)15-9;1-2-3-4-5-6-7-8-9-12-10(15)14-11(16)13-9;1-2-3-4-5-6-7-8-9;4-1-7-2(5)9-3(6)8-1;2-1(3)4;;;/h4-10H2,1-3H3;2-8H2,1H3;2-8H2,1H3,(H2,12,13,14,15,16);2-8H2,1H3;;;;;/q;;;;;;+2;2*-1. The number of aryl methyl sites for hydroxylation is 3. The van der Waals surface area contributed by atoms with E-state index in [2.05, 4.69) is 151 Å². The van der Waals surface area contributed by atoms with Crippen molar-refractivity contribution in [3.8, 4) is 12.0 Å². The van der Waals surface area contributed by atoms with E-state index in [1.54, 1.807) is 14.2 Å². The van der Waals surface area contributed by atoms with E-state index in [-0.39, 0.29) is 55.5 Å². The van der Waals surface area contributed by atoms with Crippen molar-refractivity contribution in [3.63, 3.8) is 0 Å². The van der Waals surface area contributed by atoms with Crippen molar-refractivity contribution in [1.82, 2.24) is 59.8 Å². The molecule has 4 aromatic rings. The molecule has 0 atom stereocenters. The van der Waals surface area contributed by atoms with Crippen LogP contribution < -0.4 is 20.9 Å². The van der Waals surface area contributed by atoms with Crippen molar-refractivity contribution >= 4 is 147 Å². The number of aromatic amines is 2. The van der Waals surface area contributed by atoms with Crippen molar-refractivity contribution in [2.24, 2.45) is 0 Å². The van der Waals surface area contributed by atoms with Gasteiger partial charge < -0.3 is 12.3 Å². The average Bonchev–Trinajstić information content (AvgIpc) is 3.32. The largest absolute Gasteiger partial charge is 2.00 e. The van der Waals surface area contributed by atoms with Gasteiger partial charge in [-0.25, -0.2) is 19.6 Å². The molecular weight excluding hydrogens is 1320 g/mol. The van der Waals surface area contributed by atoms with Crippen molar-refractivity contribution in [1.29, 1.82) is 0 Å². The molecule has 0 aliphatic rings. The van der Waals surface area contributed by atoms with Crippen LogP contribution in [0, 0.1) is 0 Å². The molecule has 0 aliphatic carbocycles. The fourth-order valence-electron chi connectivity index (χ4n) is 6.08. The van der Waals surface area contributed by atoms with Gasteiger partial charge in [0.2, 0.25) is 26.4 Å². The molecule has 4 heterocycles. The number of unbranched alkanes of at least 4 members (excludes halogenated alkanes) is 20. The van der Waals surface area contributed by atoms with Crippen LogP contribution in [0.25, 0.3) is 0 Å². The fraction of sp³-hybridized carbons (Fsp3) is 0.739. The molecule has 0 aromatic carbocycles. The first kappa shape index (κ1) is 76.7. The summed E-state index contributed by atoms with van der Waals surface area (Å²) in [6.45, 7) is 8.88. The third-order valence-corrected chi connectivity index (χ3v) is 11.1. The van der Waals surface area contributed by atoms with Crippen LogP contribution in [-0.4, -0.2) is 106 Å². The number of alkyl halides is 1. The summed E-state index contributed by atoms with van der Waals surface area (Å²) in [5.41, 5.74) is -1.04. The van der Waals surface area contributed by atoms with Gasteiger partial charge in [-0.3, -0.25) is 9.97 Å². The molecule has 16 nitrogen and oxygen atoms in total. The second kappa shape index (κ2) is 54.8. The quantitative estimate of drug-likeness (QED) is 0.0294. The zero-order valence-electron chi connectivity index (χ0n) is 45.6. The van der Waals surface area contributed by atoms with Gasteiger partial charge in [0.25, 0.3) is 0 Å². The topological polar surface area (TPSA) is 213 Å². The number of H-pyrrole nitrogens is 2. The van der Waals surface area contributed by atoms with Crippen molar-refractivity contribution in [2.75, 3.05) is 19.5 Å². The fourth-order valence-corrected chi connectivity index (χ4v) is 7.49. The van der Waals surface area contributed by atoms with E-state index in [9.17, 15) is 9.59 Å². The van der Waals surface area contributed by atoms with E-state index in [0.717, 1.165) is 44.3 Å². The number of halogens is 9. The predicted molar refractivity (Wildman–Crippen MR) is 322 cm³/mol. The summed E-state index contributed by atoms with van der Waals surface area (Å²) in [5, 5.41) is 1.54. The molecule has 4 aromatic heterocycles. The van der Waals surface area contributed by atoms with E-state index < -0.39 is 11.4 Å². The maximum atomic E-state index is 10.9. The third-order valence-electron chi connectivity index (χ3n) is 9.66. The van der Waals surface area contributed by atoms with Gasteiger partial charge in [-0.15, -0.1) is 52.3 Å². The second-order valence-electron chi connectivity index (χ2n) is 15.9. The van der Waals surface area contributed by atoms with E-state index in [0.29, 0.717) is 30.1 Å². The van der Waals surface area contributed by atoms with E-state index >= 15 is 0 Å². The van der Waals surface area contributed by atoms with E-state index in [1.807, 2.05) is 0 Å². The monoisotopic (exact) mass is 1390 g/mol. The smallest absolute Gasteiger partial charge is 1.00 e. The molecule has 414 valence electrons. The van der Waals surface area contributed by atoms with Gasteiger partial charge in [-0.2, -0.15) is 34.9 Å². The molecule has 0 radical (unpaired) electrons. The average molecular weight is 1400 g/mol. The summed E-state index contributed by atoms with van der Waals surface area (Å²) >= 11 is 40.1. The number of nitrogens with one attached hydrogen (secondary N) is 2. The first-order valence-electron chi connectivity index (χ1n) is 24.9. The summed E-state index contributed by atoms with van der Waals surface area (Å²) in [7, 11) is 3.09. The Balaban J connectivity index is -0.000000270. The zero-order chi connectivity index (χ0) is 54.2. The maximum Gasteiger partial charge on any atom is 2.00 e.